The van der Waals surface area contributed by atoms with Gasteiger partial charge in [0.1, 0.15) is 0 Å². The molecule has 0 saturated heterocycles. The fourth-order valence-corrected chi connectivity index (χ4v) is 6.33. The summed E-state index contributed by atoms with van der Waals surface area (Å²) in [5, 5.41) is 18.0. The van der Waals surface area contributed by atoms with Crippen molar-refractivity contribution in [2.24, 2.45) is 22.7 Å². The standard InChI is InChI=1S/C21H32N2O/c1-20-11-10-15-19(14(20)8-9-17(20)23-4)16(22-3)12-13-6-5-7-18(24)21(13,15)2/h7-9,13-14,16-17,22-24H,5-6,10-12H2,1-4H3/t13-,14-,16-,17-,20-,21-/m0/s1. The average Bonchev–Trinajstić information content (AvgIpc) is 2.92. The summed E-state index contributed by atoms with van der Waals surface area (Å²) < 4.78 is 0. The van der Waals surface area contributed by atoms with Crippen molar-refractivity contribution in [3.63, 3.8) is 0 Å². The van der Waals surface area contributed by atoms with E-state index in [1.807, 2.05) is 0 Å². The van der Waals surface area contributed by atoms with Gasteiger partial charge in [-0.1, -0.05) is 24.6 Å². The Morgan fingerprint density at radius 2 is 1.96 bits per heavy atom. The van der Waals surface area contributed by atoms with Gasteiger partial charge < -0.3 is 15.7 Å². The maximum Gasteiger partial charge on any atom is 0.0985 e. The van der Waals surface area contributed by atoms with Crippen LogP contribution in [-0.2, 0) is 0 Å². The Kier molecular flexibility index (Phi) is 3.74. The molecule has 4 aliphatic carbocycles. The monoisotopic (exact) mass is 328 g/mol. The van der Waals surface area contributed by atoms with Crippen molar-refractivity contribution < 1.29 is 5.11 Å². The minimum Gasteiger partial charge on any atom is -0.512 e. The summed E-state index contributed by atoms with van der Waals surface area (Å²) in [4.78, 5) is 0. The average molecular weight is 329 g/mol. The first kappa shape index (κ1) is 16.4. The van der Waals surface area contributed by atoms with Gasteiger partial charge >= 0.3 is 0 Å². The Bertz CT molecular complexity index is 634. The van der Waals surface area contributed by atoms with E-state index in [0.717, 1.165) is 19.3 Å². The van der Waals surface area contributed by atoms with Crippen molar-refractivity contribution in [3.05, 3.63) is 35.1 Å². The zero-order chi connectivity index (χ0) is 17.1. The molecule has 0 saturated carbocycles. The maximum absolute atomic E-state index is 10.8. The predicted molar refractivity (Wildman–Crippen MR) is 98.9 cm³/mol. The first-order valence-electron chi connectivity index (χ1n) is 9.62. The third-order valence-electron chi connectivity index (χ3n) is 7.90. The van der Waals surface area contributed by atoms with Gasteiger partial charge in [0.15, 0.2) is 0 Å². The fourth-order valence-electron chi connectivity index (χ4n) is 6.33. The van der Waals surface area contributed by atoms with Crippen LogP contribution in [0.25, 0.3) is 0 Å². The lowest BCUT2D eigenvalue weighted by Crippen LogP contribution is -2.53. The highest BCUT2D eigenvalue weighted by molar-refractivity contribution is 5.45. The number of nitrogens with one attached hydrogen (secondary N) is 2. The van der Waals surface area contributed by atoms with Crippen LogP contribution in [0.3, 0.4) is 0 Å². The molecule has 0 aromatic carbocycles. The van der Waals surface area contributed by atoms with Crippen molar-refractivity contribution in [1.82, 2.24) is 10.6 Å². The number of aliphatic hydroxyl groups is 1. The summed E-state index contributed by atoms with van der Waals surface area (Å²) in [6, 6.07) is 0.906. The highest BCUT2D eigenvalue weighted by Crippen LogP contribution is 2.62. The second-order valence-corrected chi connectivity index (χ2v) is 8.71. The third-order valence-corrected chi connectivity index (χ3v) is 7.90. The van der Waals surface area contributed by atoms with Gasteiger partial charge in [-0.15, -0.1) is 0 Å². The number of likely N-dealkylation sites (N-methyl/N-ethyl adjacent to an activating group) is 2. The van der Waals surface area contributed by atoms with Gasteiger partial charge in [-0.05, 0) is 76.1 Å². The zero-order valence-corrected chi connectivity index (χ0v) is 15.5. The van der Waals surface area contributed by atoms with E-state index in [9.17, 15) is 5.11 Å². The number of hydrogen-bond acceptors (Lipinski definition) is 3. The van der Waals surface area contributed by atoms with Gasteiger partial charge in [0.2, 0.25) is 0 Å². The number of hydrogen-bond donors (Lipinski definition) is 3. The molecule has 6 atom stereocenters. The molecular weight excluding hydrogens is 296 g/mol. The van der Waals surface area contributed by atoms with Gasteiger partial charge in [-0.2, -0.15) is 0 Å². The van der Waals surface area contributed by atoms with Crippen LogP contribution < -0.4 is 10.6 Å². The Morgan fingerprint density at radius 1 is 1.17 bits per heavy atom. The van der Waals surface area contributed by atoms with Crippen LogP contribution in [0.2, 0.25) is 0 Å². The van der Waals surface area contributed by atoms with E-state index in [0.29, 0.717) is 29.7 Å². The molecule has 132 valence electrons. The van der Waals surface area contributed by atoms with Crippen LogP contribution in [0.4, 0.5) is 0 Å². The molecule has 4 rings (SSSR count). The lowest BCUT2D eigenvalue weighted by Gasteiger charge is -2.55. The smallest absolute Gasteiger partial charge is 0.0985 e. The molecule has 3 nitrogen and oxygen atoms in total. The maximum atomic E-state index is 10.8. The van der Waals surface area contributed by atoms with Crippen LogP contribution in [0.15, 0.2) is 35.1 Å². The Morgan fingerprint density at radius 3 is 2.67 bits per heavy atom. The summed E-state index contributed by atoms with van der Waals surface area (Å²) in [6.45, 7) is 4.75. The molecule has 0 amide bonds. The molecule has 0 aromatic rings. The van der Waals surface area contributed by atoms with Crippen molar-refractivity contribution in [1.29, 1.82) is 0 Å². The predicted octanol–water partition coefficient (Wildman–Crippen LogP) is 3.71. The Balaban J connectivity index is 1.87. The van der Waals surface area contributed by atoms with Crippen LogP contribution in [0, 0.1) is 22.7 Å². The molecule has 0 radical (unpaired) electrons. The number of aliphatic hydroxyl groups excluding tert-OH is 1. The van der Waals surface area contributed by atoms with Crippen molar-refractivity contribution in [3.8, 4) is 0 Å². The normalized spacial score (nSPS) is 47.1. The lowest BCUT2D eigenvalue weighted by molar-refractivity contribution is 0.0969. The Hall–Kier alpha value is -1.06. The summed E-state index contributed by atoms with van der Waals surface area (Å²) in [6.07, 6.45) is 12.6. The number of rotatable bonds is 2. The summed E-state index contributed by atoms with van der Waals surface area (Å²) >= 11 is 0. The molecule has 3 N–H and O–H groups in total. The molecule has 0 aromatic heterocycles. The second kappa shape index (κ2) is 5.47. The molecule has 0 unspecified atom stereocenters. The van der Waals surface area contributed by atoms with E-state index in [2.05, 4.69) is 56.8 Å². The van der Waals surface area contributed by atoms with Crippen molar-refractivity contribution in [2.75, 3.05) is 14.1 Å². The molecule has 0 spiro atoms. The SMILES string of the molecule is CN[C@H]1C[C@@H]2CCC=C(O)[C@]2(C)C2=C1[C@@H]1C=C[C@H](NC)[C@@]1(C)CC2. The first-order chi connectivity index (χ1) is 11.5. The molecule has 3 heteroatoms. The van der Waals surface area contributed by atoms with E-state index < -0.39 is 0 Å². The molecule has 0 heterocycles. The van der Waals surface area contributed by atoms with Crippen molar-refractivity contribution in [2.45, 2.75) is 58.0 Å². The van der Waals surface area contributed by atoms with Crippen LogP contribution in [-0.4, -0.2) is 31.3 Å². The molecule has 0 aliphatic heterocycles. The summed E-state index contributed by atoms with van der Waals surface area (Å²) in [5.41, 5.74) is 3.25. The molecule has 0 bridgehead atoms. The highest BCUT2D eigenvalue weighted by Gasteiger charge is 2.56. The van der Waals surface area contributed by atoms with Crippen molar-refractivity contribution >= 4 is 0 Å². The highest BCUT2D eigenvalue weighted by atomic mass is 16.3. The van der Waals surface area contributed by atoms with Gasteiger partial charge in [0, 0.05) is 23.4 Å². The van der Waals surface area contributed by atoms with Crippen LogP contribution in [0.5, 0.6) is 0 Å². The minimum absolute atomic E-state index is 0.131. The fraction of sp³-hybridized carbons (Fsp3) is 0.714. The van der Waals surface area contributed by atoms with E-state index in [1.165, 1.54) is 18.4 Å². The van der Waals surface area contributed by atoms with E-state index >= 15 is 0 Å². The van der Waals surface area contributed by atoms with E-state index in [-0.39, 0.29) is 10.8 Å². The quantitative estimate of drug-likeness (QED) is 0.677. The molecular formula is C21H32N2O. The lowest BCUT2D eigenvalue weighted by atomic mass is 9.51. The van der Waals surface area contributed by atoms with Crippen LogP contribution >= 0.6 is 0 Å². The topological polar surface area (TPSA) is 44.3 Å². The first-order valence-corrected chi connectivity index (χ1v) is 9.62. The zero-order valence-electron chi connectivity index (χ0n) is 15.5. The van der Waals surface area contributed by atoms with Crippen LogP contribution in [0.1, 0.15) is 46.0 Å². The number of fused-ring (bicyclic) bond motifs is 4. The second-order valence-electron chi connectivity index (χ2n) is 8.71. The summed E-state index contributed by atoms with van der Waals surface area (Å²) in [7, 11) is 4.19. The third kappa shape index (κ3) is 1.91. The largest absolute Gasteiger partial charge is 0.512 e. The number of allylic oxidation sites excluding steroid dienone is 3. The molecule has 24 heavy (non-hydrogen) atoms. The molecule has 0 fully saturated rings. The van der Waals surface area contributed by atoms with Gasteiger partial charge in [0.05, 0.1) is 5.76 Å². The van der Waals surface area contributed by atoms with Gasteiger partial charge in [0.25, 0.3) is 0 Å². The van der Waals surface area contributed by atoms with E-state index in [4.69, 9.17) is 0 Å². The Labute approximate surface area is 146 Å². The molecule has 4 aliphatic rings. The summed E-state index contributed by atoms with van der Waals surface area (Å²) in [5.74, 6) is 1.69. The van der Waals surface area contributed by atoms with Gasteiger partial charge in [-0.3, -0.25) is 0 Å². The minimum atomic E-state index is -0.131. The van der Waals surface area contributed by atoms with Gasteiger partial charge in [-0.25, -0.2) is 0 Å². The van der Waals surface area contributed by atoms with E-state index in [1.54, 1.807) is 5.57 Å².